The molecule has 0 aromatic carbocycles. The lowest BCUT2D eigenvalue weighted by Crippen LogP contribution is -1.97. The van der Waals surface area contributed by atoms with E-state index in [0.717, 1.165) is 17.1 Å². The standard InChI is InChI=1S/C13H14N2O2S/c1-3-8(2)11-7-18-12(15-11)10-6-9(13(16)17)4-5-14-10/h4-8H,3H2,1-2H3,(H,16,17). The van der Waals surface area contributed by atoms with E-state index >= 15 is 0 Å². The van der Waals surface area contributed by atoms with Gasteiger partial charge in [-0.25, -0.2) is 9.78 Å². The van der Waals surface area contributed by atoms with Crippen molar-refractivity contribution >= 4 is 17.3 Å². The first-order valence-electron chi connectivity index (χ1n) is 5.77. The van der Waals surface area contributed by atoms with E-state index in [1.165, 1.54) is 23.6 Å². The predicted octanol–water partition coefficient (Wildman–Crippen LogP) is 3.42. The third-order valence-electron chi connectivity index (χ3n) is 2.87. The number of pyridine rings is 1. The molecule has 0 bridgehead atoms. The molecule has 2 rings (SSSR count). The van der Waals surface area contributed by atoms with Gasteiger partial charge in [-0.1, -0.05) is 13.8 Å². The highest BCUT2D eigenvalue weighted by molar-refractivity contribution is 7.13. The number of nitrogens with zero attached hydrogens (tertiary/aromatic N) is 2. The molecule has 1 N–H and O–H groups in total. The van der Waals surface area contributed by atoms with Crippen LogP contribution < -0.4 is 0 Å². The first kappa shape index (κ1) is 12.7. The minimum Gasteiger partial charge on any atom is -0.478 e. The lowest BCUT2D eigenvalue weighted by Gasteiger charge is -2.02. The van der Waals surface area contributed by atoms with Gasteiger partial charge in [0.25, 0.3) is 0 Å². The molecule has 0 spiro atoms. The Morgan fingerprint density at radius 1 is 1.56 bits per heavy atom. The molecule has 0 aliphatic carbocycles. The van der Waals surface area contributed by atoms with Crippen LogP contribution in [0.2, 0.25) is 0 Å². The maximum absolute atomic E-state index is 10.9. The summed E-state index contributed by atoms with van der Waals surface area (Å²) in [7, 11) is 0. The molecule has 18 heavy (non-hydrogen) atoms. The molecule has 0 aliphatic heterocycles. The van der Waals surface area contributed by atoms with Crippen LogP contribution in [-0.4, -0.2) is 21.0 Å². The summed E-state index contributed by atoms with van der Waals surface area (Å²) >= 11 is 1.50. The number of hydrogen-bond acceptors (Lipinski definition) is 4. The summed E-state index contributed by atoms with van der Waals surface area (Å²) in [5, 5.41) is 11.7. The average Bonchev–Trinajstić information content (AvgIpc) is 2.87. The van der Waals surface area contributed by atoms with E-state index in [0.29, 0.717) is 11.6 Å². The Balaban J connectivity index is 2.34. The first-order valence-corrected chi connectivity index (χ1v) is 6.65. The molecule has 0 saturated heterocycles. The van der Waals surface area contributed by atoms with Gasteiger partial charge in [0.15, 0.2) is 0 Å². The topological polar surface area (TPSA) is 63.1 Å². The van der Waals surface area contributed by atoms with Crippen molar-refractivity contribution in [3.05, 3.63) is 35.0 Å². The van der Waals surface area contributed by atoms with E-state index < -0.39 is 5.97 Å². The number of hydrogen-bond donors (Lipinski definition) is 1. The largest absolute Gasteiger partial charge is 0.478 e. The van der Waals surface area contributed by atoms with Crippen LogP contribution in [0.4, 0.5) is 0 Å². The first-order chi connectivity index (χ1) is 8.61. The summed E-state index contributed by atoms with van der Waals surface area (Å²) < 4.78 is 0. The van der Waals surface area contributed by atoms with Crippen LogP contribution in [0.5, 0.6) is 0 Å². The van der Waals surface area contributed by atoms with Crippen molar-refractivity contribution < 1.29 is 9.90 Å². The summed E-state index contributed by atoms with van der Waals surface area (Å²) in [6.45, 7) is 4.24. The van der Waals surface area contributed by atoms with Gasteiger partial charge in [0.1, 0.15) is 5.01 Å². The third kappa shape index (κ3) is 2.56. The molecule has 0 saturated carbocycles. The van der Waals surface area contributed by atoms with Crippen molar-refractivity contribution in [3.63, 3.8) is 0 Å². The highest BCUT2D eigenvalue weighted by Gasteiger charge is 2.12. The number of carboxylic acids is 1. The molecule has 1 unspecified atom stereocenters. The van der Waals surface area contributed by atoms with Crippen LogP contribution >= 0.6 is 11.3 Å². The molecule has 5 heteroatoms. The second kappa shape index (κ2) is 5.27. The van der Waals surface area contributed by atoms with E-state index in [4.69, 9.17) is 5.11 Å². The van der Waals surface area contributed by atoms with Crippen molar-refractivity contribution in [1.82, 2.24) is 9.97 Å². The fourth-order valence-corrected chi connectivity index (χ4v) is 2.43. The van der Waals surface area contributed by atoms with Crippen LogP contribution in [0.3, 0.4) is 0 Å². The normalized spacial score (nSPS) is 12.3. The quantitative estimate of drug-likeness (QED) is 0.917. The molecule has 0 radical (unpaired) electrons. The minimum absolute atomic E-state index is 0.236. The van der Waals surface area contributed by atoms with Gasteiger partial charge in [-0.2, -0.15) is 0 Å². The van der Waals surface area contributed by atoms with Crippen molar-refractivity contribution in [1.29, 1.82) is 0 Å². The molecular weight excluding hydrogens is 248 g/mol. The van der Waals surface area contributed by atoms with E-state index in [1.807, 2.05) is 5.38 Å². The summed E-state index contributed by atoms with van der Waals surface area (Å²) in [5.74, 6) is -0.532. The highest BCUT2D eigenvalue weighted by Crippen LogP contribution is 2.27. The van der Waals surface area contributed by atoms with Gasteiger partial charge in [-0.3, -0.25) is 4.98 Å². The molecule has 94 valence electrons. The molecule has 1 atom stereocenters. The number of aromatic carboxylic acids is 1. The van der Waals surface area contributed by atoms with Crippen LogP contribution in [-0.2, 0) is 0 Å². The Morgan fingerprint density at radius 2 is 2.33 bits per heavy atom. The molecule has 4 nitrogen and oxygen atoms in total. The van der Waals surface area contributed by atoms with Gasteiger partial charge >= 0.3 is 5.97 Å². The second-order valence-corrected chi connectivity index (χ2v) is 4.98. The number of thiazole rings is 1. The van der Waals surface area contributed by atoms with Gasteiger partial charge in [0.2, 0.25) is 0 Å². The Labute approximate surface area is 109 Å². The van der Waals surface area contributed by atoms with Crippen LogP contribution in [0, 0.1) is 0 Å². The molecule has 0 fully saturated rings. The number of rotatable bonds is 4. The Bertz CT molecular complexity index is 566. The lowest BCUT2D eigenvalue weighted by atomic mass is 10.1. The predicted molar refractivity (Wildman–Crippen MR) is 71.0 cm³/mol. The van der Waals surface area contributed by atoms with Gasteiger partial charge in [0.05, 0.1) is 17.0 Å². The monoisotopic (exact) mass is 262 g/mol. The summed E-state index contributed by atoms with van der Waals surface area (Å²) in [5.41, 5.74) is 1.90. The van der Waals surface area contributed by atoms with Crippen LogP contribution in [0.25, 0.3) is 10.7 Å². The summed E-state index contributed by atoms with van der Waals surface area (Å²) in [6.07, 6.45) is 2.54. The van der Waals surface area contributed by atoms with Crippen molar-refractivity contribution in [2.45, 2.75) is 26.2 Å². The highest BCUT2D eigenvalue weighted by atomic mass is 32.1. The van der Waals surface area contributed by atoms with Crippen LogP contribution in [0.1, 0.15) is 42.2 Å². The zero-order valence-electron chi connectivity index (χ0n) is 10.3. The molecule has 2 heterocycles. The van der Waals surface area contributed by atoms with Crippen LogP contribution in [0.15, 0.2) is 23.7 Å². The van der Waals surface area contributed by atoms with Gasteiger partial charge in [-0.15, -0.1) is 11.3 Å². The zero-order chi connectivity index (χ0) is 13.1. The van der Waals surface area contributed by atoms with Gasteiger partial charge in [0, 0.05) is 11.6 Å². The summed E-state index contributed by atoms with van der Waals surface area (Å²) in [4.78, 5) is 19.6. The average molecular weight is 262 g/mol. The Hall–Kier alpha value is -1.75. The Morgan fingerprint density at radius 3 is 3.00 bits per heavy atom. The number of aromatic nitrogens is 2. The maximum atomic E-state index is 10.9. The van der Waals surface area contributed by atoms with E-state index in [2.05, 4.69) is 23.8 Å². The SMILES string of the molecule is CCC(C)c1csc(-c2cc(C(=O)O)ccn2)n1. The number of carboxylic acid groups (broad SMARTS) is 1. The summed E-state index contributed by atoms with van der Waals surface area (Å²) in [6, 6.07) is 3.04. The molecule has 2 aromatic heterocycles. The molecule has 0 aliphatic rings. The van der Waals surface area contributed by atoms with Gasteiger partial charge < -0.3 is 5.11 Å². The van der Waals surface area contributed by atoms with Crippen molar-refractivity contribution in [2.24, 2.45) is 0 Å². The molecular formula is C13H14N2O2S. The maximum Gasteiger partial charge on any atom is 0.335 e. The van der Waals surface area contributed by atoms with Crippen molar-refractivity contribution in [3.8, 4) is 10.7 Å². The van der Waals surface area contributed by atoms with E-state index in [1.54, 1.807) is 6.07 Å². The smallest absolute Gasteiger partial charge is 0.335 e. The number of carbonyl (C=O) groups is 1. The van der Waals surface area contributed by atoms with E-state index in [9.17, 15) is 4.79 Å². The van der Waals surface area contributed by atoms with Gasteiger partial charge in [-0.05, 0) is 24.5 Å². The minimum atomic E-state index is -0.947. The fraction of sp³-hybridized carbons (Fsp3) is 0.308. The zero-order valence-corrected chi connectivity index (χ0v) is 11.1. The lowest BCUT2D eigenvalue weighted by molar-refractivity contribution is 0.0697. The second-order valence-electron chi connectivity index (χ2n) is 4.12. The Kier molecular flexibility index (Phi) is 3.72. The fourth-order valence-electron chi connectivity index (χ4n) is 1.52. The van der Waals surface area contributed by atoms with Crippen molar-refractivity contribution in [2.75, 3.05) is 0 Å². The molecule has 2 aromatic rings. The molecule has 0 amide bonds. The van der Waals surface area contributed by atoms with E-state index in [-0.39, 0.29) is 5.56 Å². The third-order valence-corrected chi connectivity index (χ3v) is 3.75.